The van der Waals surface area contributed by atoms with Crippen LogP contribution in [0.3, 0.4) is 0 Å². The Hall–Kier alpha value is -3.40. The molecule has 0 fully saturated rings. The highest BCUT2D eigenvalue weighted by Gasteiger charge is 2.17. The Morgan fingerprint density at radius 1 is 1.03 bits per heavy atom. The van der Waals surface area contributed by atoms with Crippen LogP contribution in [0.15, 0.2) is 47.4 Å². The number of hydrogen-bond donors (Lipinski definition) is 2. The molecule has 0 spiro atoms. The summed E-state index contributed by atoms with van der Waals surface area (Å²) in [6, 6.07) is 9.65. The van der Waals surface area contributed by atoms with E-state index in [0.29, 0.717) is 17.0 Å². The van der Waals surface area contributed by atoms with Crippen molar-refractivity contribution in [1.29, 1.82) is 0 Å². The maximum atomic E-state index is 12.2. The maximum Gasteiger partial charge on any atom is 0.338 e. The van der Waals surface area contributed by atoms with E-state index in [2.05, 4.69) is 5.32 Å². The summed E-state index contributed by atoms with van der Waals surface area (Å²) in [4.78, 5) is 35.8. The van der Waals surface area contributed by atoms with Gasteiger partial charge in [-0.05, 0) is 48.9 Å². The van der Waals surface area contributed by atoms with E-state index in [9.17, 15) is 22.8 Å². The van der Waals surface area contributed by atoms with Gasteiger partial charge >= 0.3 is 12.0 Å². The Morgan fingerprint density at radius 2 is 1.69 bits per heavy atom. The van der Waals surface area contributed by atoms with Gasteiger partial charge in [0.05, 0.1) is 17.6 Å². The van der Waals surface area contributed by atoms with E-state index in [1.807, 2.05) is 5.32 Å². The Kier molecular flexibility index (Phi) is 6.94. The van der Waals surface area contributed by atoms with Crippen molar-refractivity contribution in [2.75, 3.05) is 25.3 Å². The molecule has 0 saturated carbocycles. The van der Waals surface area contributed by atoms with Crippen molar-refractivity contribution in [3.8, 4) is 5.75 Å². The molecule has 0 bridgehead atoms. The Bertz CT molecular complexity index is 1030. The van der Waals surface area contributed by atoms with Crippen molar-refractivity contribution < 1.29 is 32.3 Å². The van der Waals surface area contributed by atoms with Crippen molar-refractivity contribution in [2.45, 2.75) is 11.8 Å². The van der Waals surface area contributed by atoms with Crippen LogP contribution >= 0.6 is 0 Å². The lowest BCUT2D eigenvalue weighted by molar-refractivity contribution is -0.123. The number of amides is 3. The van der Waals surface area contributed by atoms with E-state index in [1.54, 1.807) is 31.2 Å². The molecule has 0 radical (unpaired) electrons. The molecule has 0 atom stereocenters. The number of urea groups is 1. The Labute approximate surface area is 167 Å². The van der Waals surface area contributed by atoms with Crippen LogP contribution in [0.5, 0.6) is 5.75 Å². The molecule has 0 heterocycles. The number of carbonyl (C=O) groups excluding carboxylic acids is 3. The van der Waals surface area contributed by atoms with Crippen molar-refractivity contribution in [1.82, 2.24) is 5.32 Å². The molecular formula is C19H20N2O7S. The van der Waals surface area contributed by atoms with Gasteiger partial charge in [0, 0.05) is 11.9 Å². The third-order valence-corrected chi connectivity index (χ3v) is 4.90. The number of ether oxygens (including phenoxy) is 2. The van der Waals surface area contributed by atoms with Crippen LogP contribution in [0.25, 0.3) is 0 Å². The van der Waals surface area contributed by atoms with Crippen LogP contribution in [-0.2, 0) is 19.4 Å². The molecule has 0 aliphatic carbocycles. The number of aryl methyl sites for hydroxylation is 1. The number of nitrogens with one attached hydrogen (secondary N) is 2. The summed E-state index contributed by atoms with van der Waals surface area (Å²) in [6.07, 6.45) is 1.02. The number of benzene rings is 2. The minimum absolute atomic E-state index is 0.0170. The first kappa shape index (κ1) is 21.9. The monoisotopic (exact) mass is 420 g/mol. The summed E-state index contributed by atoms with van der Waals surface area (Å²) in [6.45, 7) is 0.891. The maximum absolute atomic E-state index is 12.2. The van der Waals surface area contributed by atoms with Crippen molar-refractivity contribution in [3.05, 3.63) is 53.6 Å². The summed E-state index contributed by atoms with van der Waals surface area (Å²) in [5.74, 6) is -1.12. The van der Waals surface area contributed by atoms with Crippen LogP contribution in [-0.4, -0.2) is 46.3 Å². The van der Waals surface area contributed by atoms with Crippen LogP contribution in [0.1, 0.15) is 15.9 Å². The second kappa shape index (κ2) is 9.20. The quantitative estimate of drug-likeness (QED) is 0.683. The summed E-state index contributed by atoms with van der Waals surface area (Å²) in [7, 11) is -2.00. The fourth-order valence-electron chi connectivity index (χ4n) is 2.26. The standard InChI is InChI=1S/C19H20N2O7S/c1-12-4-9-15(29(3,25)26)10-16(12)18(23)28-11-17(22)21-19(24)20-13-5-7-14(27-2)8-6-13/h4-10H,11H2,1-3H3,(H2,20,21,22,24). The molecule has 10 heteroatoms. The number of anilines is 1. The average Bonchev–Trinajstić information content (AvgIpc) is 2.66. The smallest absolute Gasteiger partial charge is 0.338 e. The molecule has 2 aromatic rings. The highest BCUT2D eigenvalue weighted by atomic mass is 32.2. The van der Waals surface area contributed by atoms with Gasteiger partial charge in [0.25, 0.3) is 5.91 Å². The molecule has 0 aromatic heterocycles. The molecule has 2 rings (SSSR count). The minimum atomic E-state index is -3.50. The first-order chi connectivity index (χ1) is 13.6. The van der Waals surface area contributed by atoms with E-state index >= 15 is 0 Å². The van der Waals surface area contributed by atoms with E-state index in [0.717, 1.165) is 6.26 Å². The van der Waals surface area contributed by atoms with Gasteiger partial charge in [0.1, 0.15) is 5.75 Å². The largest absolute Gasteiger partial charge is 0.497 e. The molecule has 2 N–H and O–H groups in total. The lowest BCUT2D eigenvalue weighted by atomic mass is 10.1. The fourth-order valence-corrected chi connectivity index (χ4v) is 2.91. The highest BCUT2D eigenvalue weighted by molar-refractivity contribution is 7.90. The third-order valence-electron chi connectivity index (χ3n) is 3.79. The molecule has 0 aliphatic heterocycles. The van der Waals surface area contributed by atoms with E-state index in [1.165, 1.54) is 25.3 Å². The number of methoxy groups -OCH3 is 1. The number of esters is 1. The number of carbonyl (C=O) groups is 3. The van der Waals surface area contributed by atoms with Gasteiger partial charge in [-0.2, -0.15) is 0 Å². The average molecular weight is 420 g/mol. The summed E-state index contributed by atoms with van der Waals surface area (Å²) >= 11 is 0. The normalized spacial score (nSPS) is 10.7. The molecule has 0 saturated heterocycles. The molecule has 2 aromatic carbocycles. The molecule has 0 aliphatic rings. The molecule has 0 unspecified atom stereocenters. The number of imide groups is 1. The van der Waals surface area contributed by atoms with Crippen molar-refractivity contribution in [3.63, 3.8) is 0 Å². The lowest BCUT2D eigenvalue weighted by Gasteiger charge is -2.10. The van der Waals surface area contributed by atoms with Gasteiger partial charge in [0.15, 0.2) is 16.4 Å². The topological polar surface area (TPSA) is 128 Å². The van der Waals surface area contributed by atoms with E-state index in [4.69, 9.17) is 9.47 Å². The first-order valence-electron chi connectivity index (χ1n) is 8.33. The predicted molar refractivity (Wildman–Crippen MR) is 105 cm³/mol. The molecule has 29 heavy (non-hydrogen) atoms. The summed E-state index contributed by atoms with van der Waals surface area (Å²) in [5.41, 5.74) is 0.935. The first-order valence-corrected chi connectivity index (χ1v) is 10.2. The van der Waals surface area contributed by atoms with Gasteiger partial charge < -0.3 is 14.8 Å². The molecular weight excluding hydrogens is 400 g/mol. The Morgan fingerprint density at radius 3 is 2.28 bits per heavy atom. The van der Waals surface area contributed by atoms with Crippen LogP contribution in [0.4, 0.5) is 10.5 Å². The van der Waals surface area contributed by atoms with Crippen molar-refractivity contribution >= 4 is 33.4 Å². The van der Waals surface area contributed by atoms with Gasteiger partial charge in [0.2, 0.25) is 0 Å². The molecule has 9 nitrogen and oxygen atoms in total. The summed E-state index contributed by atoms with van der Waals surface area (Å²) in [5, 5.41) is 4.46. The zero-order valence-corrected chi connectivity index (χ0v) is 16.8. The lowest BCUT2D eigenvalue weighted by Crippen LogP contribution is -2.37. The Balaban J connectivity index is 1.91. The van der Waals surface area contributed by atoms with Crippen LogP contribution < -0.4 is 15.4 Å². The summed E-state index contributed by atoms with van der Waals surface area (Å²) < 4.78 is 33.1. The molecule has 3 amide bonds. The third kappa shape index (κ3) is 6.32. The van der Waals surface area contributed by atoms with Crippen LogP contribution in [0.2, 0.25) is 0 Å². The van der Waals surface area contributed by atoms with E-state index < -0.39 is 34.4 Å². The minimum Gasteiger partial charge on any atom is -0.497 e. The highest BCUT2D eigenvalue weighted by Crippen LogP contribution is 2.17. The number of rotatable bonds is 6. The van der Waals surface area contributed by atoms with Crippen molar-refractivity contribution in [2.24, 2.45) is 0 Å². The van der Waals surface area contributed by atoms with Gasteiger partial charge in [-0.25, -0.2) is 18.0 Å². The second-order valence-corrected chi connectivity index (χ2v) is 8.07. The van der Waals surface area contributed by atoms with Crippen LogP contribution in [0, 0.1) is 6.92 Å². The molecule has 154 valence electrons. The zero-order chi connectivity index (χ0) is 21.6. The van der Waals surface area contributed by atoms with Gasteiger partial charge in [-0.1, -0.05) is 6.07 Å². The second-order valence-electron chi connectivity index (χ2n) is 6.06. The number of hydrogen-bond acceptors (Lipinski definition) is 7. The SMILES string of the molecule is COc1ccc(NC(=O)NC(=O)COC(=O)c2cc(S(C)(=O)=O)ccc2C)cc1. The zero-order valence-electron chi connectivity index (χ0n) is 16.0. The number of sulfone groups is 1. The van der Waals surface area contributed by atoms with Gasteiger partial charge in [-0.3, -0.25) is 10.1 Å². The van der Waals surface area contributed by atoms with E-state index in [-0.39, 0.29) is 10.5 Å². The predicted octanol–water partition coefficient (Wildman–Crippen LogP) is 1.91. The fraction of sp³-hybridized carbons (Fsp3) is 0.211. The van der Waals surface area contributed by atoms with Gasteiger partial charge in [-0.15, -0.1) is 0 Å².